The number of amides is 1. The molecule has 1 amide bonds. The van der Waals surface area contributed by atoms with E-state index in [1.807, 2.05) is 48.7 Å². The summed E-state index contributed by atoms with van der Waals surface area (Å²) in [6.45, 7) is 3.97. The zero-order valence-corrected chi connectivity index (χ0v) is 15.8. The number of rotatable bonds is 3. The Morgan fingerprint density at radius 3 is 2.27 bits per heavy atom. The average Bonchev–Trinajstić information content (AvgIpc) is 3.30. The highest BCUT2D eigenvalue weighted by molar-refractivity contribution is 6.03. The summed E-state index contributed by atoms with van der Waals surface area (Å²) in [7, 11) is 0. The number of carbonyl (C=O) groups excluding carboxylic acids is 1. The van der Waals surface area contributed by atoms with Crippen LogP contribution < -0.4 is 5.32 Å². The maximum Gasteiger partial charge on any atom is 0.490 e. The first-order valence-electron chi connectivity index (χ1n) is 8.34. The second-order valence-electron chi connectivity index (χ2n) is 6.00. The molecule has 0 radical (unpaired) electrons. The highest BCUT2D eigenvalue weighted by Gasteiger charge is 2.38. The summed E-state index contributed by atoms with van der Waals surface area (Å²) in [6.07, 6.45) is -1.80. The third-order valence-electron chi connectivity index (χ3n) is 3.95. The van der Waals surface area contributed by atoms with Crippen LogP contribution >= 0.6 is 0 Å². The Hall–Kier alpha value is -4.07. The molecular weight excluding hydrogens is 403 g/mol. The maximum absolute atomic E-state index is 12.1. The number of nitriles is 1. The van der Waals surface area contributed by atoms with Crippen LogP contribution in [0.5, 0.6) is 0 Å². The Morgan fingerprint density at radius 2 is 1.83 bits per heavy atom. The Labute approximate surface area is 168 Å². The minimum Gasteiger partial charge on any atom is -0.475 e. The van der Waals surface area contributed by atoms with Crippen molar-refractivity contribution in [1.82, 2.24) is 14.5 Å². The molecule has 0 atom stereocenters. The van der Waals surface area contributed by atoms with E-state index in [2.05, 4.69) is 15.3 Å². The molecule has 0 spiro atoms. The quantitative estimate of drug-likeness (QED) is 0.599. The number of alkyl halides is 3. The van der Waals surface area contributed by atoms with Crippen LogP contribution in [0.1, 0.15) is 27.4 Å². The Morgan fingerprint density at radius 1 is 1.23 bits per heavy atom. The van der Waals surface area contributed by atoms with Crippen molar-refractivity contribution in [2.24, 2.45) is 0 Å². The minimum atomic E-state index is -5.08. The molecule has 2 heterocycles. The monoisotopic (exact) mass is 419 g/mol. The number of carbonyl (C=O) groups is 2. The van der Waals surface area contributed by atoms with Gasteiger partial charge in [0.15, 0.2) is 0 Å². The Bertz CT molecular complexity index is 1090. The minimum absolute atomic E-state index is 0.283. The number of hydrogen-bond acceptors (Lipinski definition) is 4. The predicted molar refractivity (Wildman–Crippen MR) is 100 cm³/mol. The van der Waals surface area contributed by atoms with E-state index in [0.717, 1.165) is 17.1 Å². The fourth-order valence-corrected chi connectivity index (χ4v) is 2.25. The van der Waals surface area contributed by atoms with Crippen LogP contribution in [-0.4, -0.2) is 37.7 Å². The number of aromatic amines is 1. The Balaban J connectivity index is 0.000000396. The van der Waals surface area contributed by atoms with Gasteiger partial charge >= 0.3 is 12.1 Å². The number of carboxylic acid groups (broad SMARTS) is 1. The molecule has 0 saturated heterocycles. The van der Waals surface area contributed by atoms with Gasteiger partial charge in [-0.15, -0.1) is 0 Å². The number of aryl methyl sites for hydroxylation is 1. The van der Waals surface area contributed by atoms with Crippen LogP contribution in [0.3, 0.4) is 0 Å². The molecule has 0 aliphatic rings. The smallest absolute Gasteiger partial charge is 0.475 e. The lowest BCUT2D eigenvalue weighted by Crippen LogP contribution is -2.21. The molecule has 30 heavy (non-hydrogen) atoms. The fourth-order valence-electron chi connectivity index (χ4n) is 2.25. The number of aliphatic carboxylic acids is 1. The molecule has 0 unspecified atom stereocenters. The summed E-state index contributed by atoms with van der Waals surface area (Å²) < 4.78 is 33.7. The molecule has 0 fully saturated rings. The largest absolute Gasteiger partial charge is 0.490 e. The van der Waals surface area contributed by atoms with Crippen molar-refractivity contribution in [3.05, 3.63) is 65.5 Å². The summed E-state index contributed by atoms with van der Waals surface area (Å²) in [5.74, 6) is -3.04. The summed E-state index contributed by atoms with van der Waals surface area (Å²) in [5.41, 5.74) is 4.51. The van der Waals surface area contributed by atoms with E-state index < -0.39 is 12.1 Å². The molecular formula is C19H16F3N5O3. The van der Waals surface area contributed by atoms with E-state index in [0.29, 0.717) is 16.9 Å². The van der Waals surface area contributed by atoms with Gasteiger partial charge in [-0.2, -0.15) is 18.4 Å². The van der Waals surface area contributed by atoms with Crippen LogP contribution in [0, 0.1) is 25.2 Å². The second-order valence-corrected chi connectivity index (χ2v) is 6.00. The lowest BCUT2D eigenvalue weighted by molar-refractivity contribution is -0.192. The van der Waals surface area contributed by atoms with Gasteiger partial charge in [-0.3, -0.25) is 4.79 Å². The number of aromatic nitrogens is 3. The summed E-state index contributed by atoms with van der Waals surface area (Å²) in [5, 5.41) is 18.7. The molecule has 0 aliphatic carbocycles. The molecule has 3 aromatic rings. The molecule has 0 aliphatic heterocycles. The van der Waals surface area contributed by atoms with Crippen LogP contribution in [0.15, 0.2) is 42.9 Å². The number of hydrogen-bond donors (Lipinski definition) is 3. The third-order valence-corrected chi connectivity index (χ3v) is 3.95. The van der Waals surface area contributed by atoms with E-state index in [9.17, 15) is 18.0 Å². The molecule has 8 nitrogen and oxygen atoms in total. The number of anilines is 1. The third kappa shape index (κ3) is 5.48. The number of halogens is 3. The first kappa shape index (κ1) is 22.2. The molecule has 3 rings (SSSR count). The lowest BCUT2D eigenvalue weighted by Gasteiger charge is -2.08. The van der Waals surface area contributed by atoms with Crippen molar-refractivity contribution in [1.29, 1.82) is 5.26 Å². The van der Waals surface area contributed by atoms with Gasteiger partial charge in [0, 0.05) is 23.3 Å². The van der Waals surface area contributed by atoms with Gasteiger partial charge in [-0.05, 0) is 44.2 Å². The van der Waals surface area contributed by atoms with Gasteiger partial charge in [-0.25, -0.2) is 9.78 Å². The molecule has 156 valence electrons. The van der Waals surface area contributed by atoms with Crippen LogP contribution in [-0.2, 0) is 4.79 Å². The number of carboxylic acids is 1. The summed E-state index contributed by atoms with van der Waals surface area (Å²) in [4.78, 5) is 28.0. The molecule has 11 heteroatoms. The number of imidazole rings is 1. The van der Waals surface area contributed by atoms with E-state index in [4.69, 9.17) is 15.2 Å². The van der Waals surface area contributed by atoms with Gasteiger partial charge in [-0.1, -0.05) is 0 Å². The van der Waals surface area contributed by atoms with Gasteiger partial charge in [0.05, 0.1) is 17.6 Å². The summed E-state index contributed by atoms with van der Waals surface area (Å²) >= 11 is 0. The Kier molecular flexibility index (Phi) is 6.63. The lowest BCUT2D eigenvalue weighted by atomic mass is 10.2. The van der Waals surface area contributed by atoms with Crippen molar-refractivity contribution in [3.8, 4) is 11.8 Å². The summed E-state index contributed by atoms with van der Waals surface area (Å²) in [6, 6.07) is 11.0. The van der Waals surface area contributed by atoms with E-state index in [1.54, 1.807) is 6.33 Å². The molecule has 0 bridgehead atoms. The van der Waals surface area contributed by atoms with Crippen LogP contribution in [0.25, 0.3) is 5.69 Å². The molecule has 1 aromatic carbocycles. The average molecular weight is 419 g/mol. The fraction of sp³-hybridized carbons (Fsp3) is 0.158. The van der Waals surface area contributed by atoms with E-state index in [-0.39, 0.29) is 5.91 Å². The highest BCUT2D eigenvalue weighted by Crippen LogP contribution is 2.17. The standard InChI is InChI=1S/C17H15N5O.C2HF3O2/c1-11-12(2)22(10-20-11)15-5-3-14(4-6-15)21-17(23)16-7-13(8-18)9-19-16;3-2(4,5)1(6)7/h3-7,9-10,19H,1-2H3,(H,21,23);(H,6,7). The number of nitrogens with zero attached hydrogens (tertiary/aromatic N) is 3. The van der Waals surface area contributed by atoms with Crippen molar-refractivity contribution < 1.29 is 27.9 Å². The van der Waals surface area contributed by atoms with Crippen molar-refractivity contribution >= 4 is 17.6 Å². The first-order valence-corrected chi connectivity index (χ1v) is 8.34. The molecule has 2 aromatic heterocycles. The van der Waals surface area contributed by atoms with Gasteiger partial charge in [0.2, 0.25) is 0 Å². The van der Waals surface area contributed by atoms with Crippen molar-refractivity contribution in [2.45, 2.75) is 20.0 Å². The second kappa shape index (κ2) is 8.95. The highest BCUT2D eigenvalue weighted by atomic mass is 19.4. The van der Waals surface area contributed by atoms with Crippen LogP contribution in [0.2, 0.25) is 0 Å². The zero-order chi connectivity index (χ0) is 22.5. The number of H-pyrrole nitrogens is 1. The predicted octanol–water partition coefficient (Wildman–Crippen LogP) is 3.57. The zero-order valence-electron chi connectivity index (χ0n) is 15.8. The normalized spacial score (nSPS) is 10.5. The number of benzene rings is 1. The van der Waals surface area contributed by atoms with Gasteiger partial charge < -0.3 is 20.0 Å². The first-order chi connectivity index (χ1) is 14.0. The van der Waals surface area contributed by atoms with Crippen molar-refractivity contribution in [3.63, 3.8) is 0 Å². The van der Waals surface area contributed by atoms with Crippen LogP contribution in [0.4, 0.5) is 18.9 Å². The molecule has 0 saturated carbocycles. The SMILES string of the molecule is Cc1ncn(-c2ccc(NC(=O)c3cc(C#N)c[nH]3)cc2)c1C.O=C(O)C(F)(F)F. The van der Waals surface area contributed by atoms with E-state index in [1.165, 1.54) is 12.3 Å². The molecule has 3 N–H and O–H groups in total. The topological polar surface area (TPSA) is 124 Å². The van der Waals surface area contributed by atoms with Crippen molar-refractivity contribution in [2.75, 3.05) is 5.32 Å². The van der Waals surface area contributed by atoms with Gasteiger partial charge in [0.25, 0.3) is 5.91 Å². The maximum atomic E-state index is 12.1. The van der Waals surface area contributed by atoms with Gasteiger partial charge in [0.1, 0.15) is 11.8 Å². The number of nitrogens with one attached hydrogen (secondary N) is 2. The van der Waals surface area contributed by atoms with E-state index >= 15 is 0 Å².